The topological polar surface area (TPSA) is 37.0 Å². The van der Waals surface area contributed by atoms with Gasteiger partial charge in [0.15, 0.2) is 0 Å². The summed E-state index contributed by atoms with van der Waals surface area (Å²) in [6.45, 7) is 7.30. The van der Waals surface area contributed by atoms with Crippen molar-refractivity contribution in [1.82, 2.24) is 10.3 Å². The first-order chi connectivity index (χ1) is 9.85. The van der Waals surface area contributed by atoms with E-state index in [1.807, 2.05) is 6.92 Å². The van der Waals surface area contributed by atoms with Crippen molar-refractivity contribution >= 4 is 10.9 Å². The van der Waals surface area contributed by atoms with E-state index in [9.17, 15) is 0 Å². The molecule has 20 heavy (non-hydrogen) atoms. The summed E-state index contributed by atoms with van der Waals surface area (Å²) >= 11 is 0. The quantitative estimate of drug-likeness (QED) is 0.891. The highest BCUT2D eigenvalue weighted by molar-refractivity contribution is 5.89. The molecule has 1 aromatic carbocycles. The van der Waals surface area contributed by atoms with Gasteiger partial charge in [0.25, 0.3) is 0 Å². The summed E-state index contributed by atoms with van der Waals surface area (Å²) in [5.41, 5.74) is 2.64. The number of piperidine rings is 1. The van der Waals surface area contributed by atoms with E-state index in [0.717, 1.165) is 24.8 Å². The fraction of sp³-hybridized carbons (Fsp3) is 0.529. The maximum absolute atomic E-state index is 5.84. The number of hydrogen-bond donors (Lipinski definition) is 2. The predicted molar refractivity (Wildman–Crippen MR) is 83.5 cm³/mol. The third-order valence-electron chi connectivity index (χ3n) is 4.53. The molecule has 1 aliphatic heterocycles. The Bertz CT molecular complexity index is 575. The second-order valence-corrected chi connectivity index (χ2v) is 5.62. The summed E-state index contributed by atoms with van der Waals surface area (Å²) in [6.07, 6.45) is 4.64. The second-order valence-electron chi connectivity index (χ2n) is 5.62. The summed E-state index contributed by atoms with van der Waals surface area (Å²) < 4.78 is 5.84. The van der Waals surface area contributed by atoms with Crippen LogP contribution in [-0.4, -0.2) is 24.7 Å². The van der Waals surface area contributed by atoms with Crippen LogP contribution in [0.4, 0.5) is 0 Å². The van der Waals surface area contributed by atoms with E-state index in [1.54, 1.807) is 0 Å². The molecule has 0 radical (unpaired) electrons. The molecule has 2 aromatic rings. The normalized spacial score (nSPS) is 23.1. The zero-order chi connectivity index (χ0) is 13.9. The molecule has 2 N–H and O–H groups in total. The number of ether oxygens (including phenoxy) is 1. The molecule has 2 unspecified atom stereocenters. The van der Waals surface area contributed by atoms with Gasteiger partial charge in [-0.15, -0.1) is 0 Å². The van der Waals surface area contributed by atoms with E-state index in [-0.39, 0.29) is 0 Å². The van der Waals surface area contributed by atoms with Crippen LogP contribution < -0.4 is 10.1 Å². The first-order valence-electron chi connectivity index (χ1n) is 7.78. The number of nitrogens with one attached hydrogen (secondary N) is 2. The smallest absolute Gasteiger partial charge is 0.128 e. The molecule has 1 fully saturated rings. The Hall–Kier alpha value is -1.48. The van der Waals surface area contributed by atoms with Crippen LogP contribution >= 0.6 is 0 Å². The SMILES string of the molecule is CCOc1cccc2[nH]cc(C3CCNCC3CC)c12. The lowest BCUT2D eigenvalue weighted by atomic mass is 9.79. The van der Waals surface area contributed by atoms with E-state index in [2.05, 4.69) is 41.6 Å². The van der Waals surface area contributed by atoms with Gasteiger partial charge in [0.1, 0.15) is 5.75 Å². The van der Waals surface area contributed by atoms with Gasteiger partial charge in [0.05, 0.1) is 6.61 Å². The summed E-state index contributed by atoms with van der Waals surface area (Å²) in [5.74, 6) is 2.38. The lowest BCUT2D eigenvalue weighted by Gasteiger charge is -2.31. The van der Waals surface area contributed by atoms with Crippen molar-refractivity contribution in [2.45, 2.75) is 32.6 Å². The van der Waals surface area contributed by atoms with Gasteiger partial charge in [-0.2, -0.15) is 0 Å². The minimum atomic E-state index is 0.636. The average molecular weight is 272 g/mol. The van der Waals surface area contributed by atoms with E-state index < -0.39 is 0 Å². The number of aromatic nitrogens is 1. The van der Waals surface area contributed by atoms with Crippen LogP contribution in [0.5, 0.6) is 5.75 Å². The van der Waals surface area contributed by atoms with Crippen molar-refractivity contribution < 1.29 is 4.74 Å². The largest absolute Gasteiger partial charge is 0.493 e. The van der Waals surface area contributed by atoms with Crippen molar-refractivity contribution in [3.8, 4) is 5.75 Å². The molecule has 108 valence electrons. The summed E-state index contributed by atoms with van der Waals surface area (Å²) in [6, 6.07) is 6.29. The van der Waals surface area contributed by atoms with Crippen molar-refractivity contribution in [2.75, 3.05) is 19.7 Å². The molecule has 0 amide bonds. The number of H-pyrrole nitrogens is 1. The Morgan fingerprint density at radius 3 is 3.00 bits per heavy atom. The number of aromatic amines is 1. The second kappa shape index (κ2) is 5.88. The zero-order valence-electron chi connectivity index (χ0n) is 12.4. The summed E-state index contributed by atoms with van der Waals surface area (Å²) in [5, 5.41) is 4.82. The molecular weight excluding hydrogens is 248 g/mol. The fourth-order valence-corrected chi connectivity index (χ4v) is 3.51. The first-order valence-corrected chi connectivity index (χ1v) is 7.78. The molecule has 0 aliphatic carbocycles. The number of fused-ring (bicyclic) bond motifs is 1. The molecule has 0 spiro atoms. The Morgan fingerprint density at radius 1 is 1.30 bits per heavy atom. The first kappa shape index (κ1) is 13.5. The van der Waals surface area contributed by atoms with E-state index in [4.69, 9.17) is 4.74 Å². The average Bonchev–Trinajstić information content (AvgIpc) is 2.92. The van der Waals surface area contributed by atoms with Crippen molar-refractivity contribution in [3.63, 3.8) is 0 Å². The Kier molecular flexibility index (Phi) is 3.97. The lowest BCUT2D eigenvalue weighted by Crippen LogP contribution is -2.35. The fourth-order valence-electron chi connectivity index (χ4n) is 3.51. The van der Waals surface area contributed by atoms with Gasteiger partial charge in [-0.05, 0) is 56.0 Å². The maximum atomic E-state index is 5.84. The van der Waals surface area contributed by atoms with Crippen LogP contribution in [0.15, 0.2) is 24.4 Å². The third-order valence-corrected chi connectivity index (χ3v) is 4.53. The van der Waals surface area contributed by atoms with E-state index in [0.29, 0.717) is 12.5 Å². The highest BCUT2D eigenvalue weighted by atomic mass is 16.5. The molecular formula is C17H24N2O. The van der Waals surface area contributed by atoms with Crippen LogP contribution in [0.3, 0.4) is 0 Å². The summed E-state index contributed by atoms with van der Waals surface area (Å²) in [4.78, 5) is 3.43. The molecule has 3 heteroatoms. The standard InChI is InChI=1S/C17H24N2O/c1-3-12-10-18-9-8-13(12)14-11-19-15-6-5-7-16(17(14)15)20-4-2/h5-7,11-13,18-19H,3-4,8-10H2,1-2H3. The Balaban J connectivity index is 2.06. The van der Waals surface area contributed by atoms with Crippen molar-refractivity contribution in [1.29, 1.82) is 0 Å². The number of hydrogen-bond acceptors (Lipinski definition) is 2. The maximum Gasteiger partial charge on any atom is 0.128 e. The highest BCUT2D eigenvalue weighted by Crippen LogP contribution is 2.39. The molecule has 0 saturated carbocycles. The molecule has 1 aliphatic rings. The molecule has 3 nitrogen and oxygen atoms in total. The highest BCUT2D eigenvalue weighted by Gasteiger charge is 2.27. The van der Waals surface area contributed by atoms with Crippen molar-refractivity contribution in [2.24, 2.45) is 5.92 Å². The minimum absolute atomic E-state index is 0.636. The zero-order valence-corrected chi connectivity index (χ0v) is 12.4. The van der Waals surface area contributed by atoms with Crippen LogP contribution in [0.2, 0.25) is 0 Å². The van der Waals surface area contributed by atoms with Crippen molar-refractivity contribution in [3.05, 3.63) is 30.0 Å². The monoisotopic (exact) mass is 272 g/mol. The van der Waals surface area contributed by atoms with Gasteiger partial charge in [-0.25, -0.2) is 0 Å². The van der Waals surface area contributed by atoms with Gasteiger partial charge in [-0.1, -0.05) is 19.4 Å². The molecule has 2 atom stereocenters. The predicted octanol–water partition coefficient (Wildman–Crippen LogP) is 3.67. The van der Waals surface area contributed by atoms with Crippen LogP contribution in [0.1, 0.15) is 38.2 Å². The van der Waals surface area contributed by atoms with Crippen LogP contribution in [0.25, 0.3) is 10.9 Å². The van der Waals surface area contributed by atoms with E-state index in [1.165, 1.54) is 29.3 Å². The third kappa shape index (κ3) is 2.31. The molecule has 2 heterocycles. The van der Waals surface area contributed by atoms with Gasteiger partial charge in [-0.3, -0.25) is 0 Å². The number of rotatable bonds is 4. The van der Waals surface area contributed by atoms with Gasteiger partial charge >= 0.3 is 0 Å². The van der Waals surface area contributed by atoms with Gasteiger partial charge in [0, 0.05) is 17.1 Å². The van der Waals surface area contributed by atoms with Crippen LogP contribution in [0, 0.1) is 5.92 Å². The lowest BCUT2D eigenvalue weighted by molar-refractivity contribution is 0.317. The molecule has 1 aromatic heterocycles. The van der Waals surface area contributed by atoms with Gasteiger partial charge in [0.2, 0.25) is 0 Å². The molecule has 0 bridgehead atoms. The molecule has 3 rings (SSSR count). The van der Waals surface area contributed by atoms with Crippen LogP contribution in [-0.2, 0) is 0 Å². The molecule has 1 saturated heterocycles. The minimum Gasteiger partial charge on any atom is -0.493 e. The Labute approximate surface area is 120 Å². The van der Waals surface area contributed by atoms with Gasteiger partial charge < -0.3 is 15.0 Å². The Morgan fingerprint density at radius 2 is 2.20 bits per heavy atom. The van der Waals surface area contributed by atoms with E-state index >= 15 is 0 Å². The number of benzene rings is 1. The summed E-state index contributed by atoms with van der Waals surface area (Å²) in [7, 11) is 0.